The van der Waals surface area contributed by atoms with Crippen molar-refractivity contribution in [1.29, 1.82) is 0 Å². The summed E-state index contributed by atoms with van der Waals surface area (Å²) in [5, 5.41) is 0. The third kappa shape index (κ3) is 4.27. The Morgan fingerprint density at radius 3 is 2.50 bits per heavy atom. The Morgan fingerprint density at radius 1 is 1.10 bits per heavy atom. The number of hydrogen-bond acceptors (Lipinski definition) is 4. The zero-order chi connectivity index (χ0) is 14.6. The van der Waals surface area contributed by atoms with Gasteiger partial charge in [0.05, 0.1) is 23.8 Å². The zero-order valence-corrected chi connectivity index (χ0v) is 13.3. The molecule has 0 aliphatic heterocycles. The Bertz CT molecular complexity index is 603. The Hall–Kier alpha value is -2.01. The number of aromatic nitrogens is 2. The van der Waals surface area contributed by atoms with Crippen LogP contribution in [0.4, 0.5) is 5.69 Å². The van der Waals surface area contributed by atoms with E-state index in [0.717, 1.165) is 22.8 Å². The lowest BCUT2D eigenvalue weighted by Crippen LogP contribution is -2.29. The lowest BCUT2D eigenvalue weighted by Gasteiger charge is -2.20. The van der Waals surface area contributed by atoms with E-state index in [9.17, 15) is 0 Å². The maximum absolute atomic E-state index is 6.03. The molecule has 0 bridgehead atoms. The maximum Gasteiger partial charge on any atom is 0.242 e. The van der Waals surface area contributed by atoms with Crippen LogP contribution in [0.15, 0.2) is 41.7 Å². The molecule has 1 aromatic carbocycles. The second-order valence-corrected chi connectivity index (χ2v) is 9.95. The second-order valence-electron chi connectivity index (χ2n) is 5.52. The van der Waals surface area contributed by atoms with Crippen LogP contribution < -0.4 is 4.43 Å². The molecule has 0 unspecified atom stereocenters. The summed E-state index contributed by atoms with van der Waals surface area (Å²) in [7, 11) is -1.65. The minimum Gasteiger partial charge on any atom is -0.543 e. The van der Waals surface area contributed by atoms with Crippen molar-refractivity contribution in [2.24, 2.45) is 4.99 Å². The monoisotopic (exact) mass is 285 g/mol. The summed E-state index contributed by atoms with van der Waals surface area (Å²) in [6, 6.07) is 7.80. The summed E-state index contributed by atoms with van der Waals surface area (Å²) in [4.78, 5) is 12.9. The van der Waals surface area contributed by atoms with E-state index in [1.165, 1.54) is 0 Å². The van der Waals surface area contributed by atoms with Crippen LogP contribution in [-0.4, -0.2) is 24.5 Å². The van der Waals surface area contributed by atoms with E-state index in [1.807, 2.05) is 31.2 Å². The maximum atomic E-state index is 6.03. The second kappa shape index (κ2) is 5.96. The number of hydrogen-bond donors (Lipinski definition) is 0. The van der Waals surface area contributed by atoms with E-state index in [-0.39, 0.29) is 0 Å². The number of aryl methyl sites for hydroxylation is 1. The molecule has 2 aromatic rings. The van der Waals surface area contributed by atoms with Crippen molar-refractivity contribution in [3.05, 3.63) is 48.0 Å². The fourth-order valence-corrected chi connectivity index (χ4v) is 2.42. The fourth-order valence-electron chi connectivity index (χ4n) is 1.58. The van der Waals surface area contributed by atoms with Crippen LogP contribution in [0.1, 0.15) is 11.4 Å². The minimum atomic E-state index is -1.65. The Kier molecular flexibility index (Phi) is 4.29. The highest BCUT2D eigenvalue weighted by molar-refractivity contribution is 6.70. The number of rotatable bonds is 4. The summed E-state index contributed by atoms with van der Waals surface area (Å²) in [6.07, 6.45) is 5.14. The highest BCUT2D eigenvalue weighted by Gasteiger charge is 2.17. The quantitative estimate of drug-likeness (QED) is 0.635. The molecule has 0 spiro atoms. The Labute approximate surface area is 120 Å². The number of nitrogens with zero attached hydrogens (tertiary/aromatic N) is 3. The van der Waals surface area contributed by atoms with E-state index in [0.29, 0.717) is 0 Å². The summed E-state index contributed by atoms with van der Waals surface area (Å²) < 4.78 is 6.03. The SMILES string of the molecule is Cc1cnc(/C=N/c2ccccc2O[Si](C)(C)C)cn1. The van der Waals surface area contributed by atoms with E-state index in [4.69, 9.17) is 4.43 Å². The lowest BCUT2D eigenvalue weighted by molar-refractivity contribution is 0.559. The van der Waals surface area contributed by atoms with Crippen molar-refractivity contribution < 1.29 is 4.43 Å². The van der Waals surface area contributed by atoms with E-state index >= 15 is 0 Å². The highest BCUT2D eigenvalue weighted by Crippen LogP contribution is 2.28. The van der Waals surface area contributed by atoms with Crippen LogP contribution in [0.3, 0.4) is 0 Å². The molecule has 0 saturated heterocycles. The van der Waals surface area contributed by atoms with Gasteiger partial charge >= 0.3 is 0 Å². The van der Waals surface area contributed by atoms with E-state index < -0.39 is 8.32 Å². The van der Waals surface area contributed by atoms with Crippen LogP contribution >= 0.6 is 0 Å². The molecule has 0 radical (unpaired) electrons. The van der Waals surface area contributed by atoms with Gasteiger partial charge in [0.15, 0.2) is 0 Å². The molecule has 5 heteroatoms. The number of aliphatic imine (C=N–C) groups is 1. The zero-order valence-electron chi connectivity index (χ0n) is 12.3. The van der Waals surface area contributed by atoms with Gasteiger partial charge in [-0.1, -0.05) is 12.1 Å². The van der Waals surface area contributed by atoms with Crippen LogP contribution in [0.2, 0.25) is 19.6 Å². The minimum absolute atomic E-state index is 0.735. The molecule has 0 amide bonds. The van der Waals surface area contributed by atoms with Gasteiger partial charge in [-0.05, 0) is 38.7 Å². The standard InChI is InChI=1S/C15H19N3OSi/c1-12-9-17-13(10-16-12)11-18-14-7-5-6-8-15(14)19-20(2,3)4/h5-11H,1-4H3/b18-11+. The number of para-hydroxylation sites is 2. The van der Waals surface area contributed by atoms with Gasteiger partial charge in [0.1, 0.15) is 11.4 Å². The molecule has 0 saturated carbocycles. The van der Waals surface area contributed by atoms with Gasteiger partial charge in [-0.2, -0.15) is 0 Å². The molecule has 1 heterocycles. The smallest absolute Gasteiger partial charge is 0.242 e. The van der Waals surface area contributed by atoms with Crippen molar-refractivity contribution in [3.63, 3.8) is 0 Å². The average molecular weight is 285 g/mol. The van der Waals surface area contributed by atoms with Crippen LogP contribution in [-0.2, 0) is 0 Å². The predicted octanol–water partition coefficient (Wildman–Crippen LogP) is 3.75. The first kappa shape index (κ1) is 14.4. The van der Waals surface area contributed by atoms with Gasteiger partial charge in [0, 0.05) is 6.20 Å². The molecule has 1 aromatic heterocycles. The van der Waals surface area contributed by atoms with E-state index in [1.54, 1.807) is 18.6 Å². The average Bonchev–Trinajstić information content (AvgIpc) is 2.38. The fraction of sp³-hybridized carbons (Fsp3) is 0.267. The summed E-state index contributed by atoms with van der Waals surface area (Å²) in [5.41, 5.74) is 2.44. The van der Waals surface area contributed by atoms with Crippen LogP contribution in [0.5, 0.6) is 5.75 Å². The van der Waals surface area contributed by atoms with Crippen molar-refractivity contribution in [1.82, 2.24) is 9.97 Å². The first-order chi connectivity index (χ1) is 9.44. The molecule has 2 rings (SSSR count). The Balaban J connectivity index is 2.22. The topological polar surface area (TPSA) is 47.4 Å². The van der Waals surface area contributed by atoms with Crippen LogP contribution in [0.25, 0.3) is 0 Å². The number of benzene rings is 1. The van der Waals surface area contributed by atoms with Gasteiger partial charge in [0.25, 0.3) is 0 Å². The molecule has 4 nitrogen and oxygen atoms in total. The first-order valence-electron chi connectivity index (χ1n) is 6.55. The van der Waals surface area contributed by atoms with Gasteiger partial charge in [-0.15, -0.1) is 0 Å². The van der Waals surface area contributed by atoms with E-state index in [2.05, 4.69) is 34.6 Å². The molecule has 104 valence electrons. The van der Waals surface area contributed by atoms with Gasteiger partial charge < -0.3 is 4.43 Å². The van der Waals surface area contributed by atoms with Crippen LogP contribution in [0, 0.1) is 6.92 Å². The molecule has 0 aliphatic carbocycles. The molecule has 0 fully saturated rings. The molecule has 0 N–H and O–H groups in total. The normalized spacial score (nSPS) is 11.8. The van der Waals surface area contributed by atoms with Gasteiger partial charge in [-0.25, -0.2) is 0 Å². The van der Waals surface area contributed by atoms with Gasteiger partial charge in [-0.3, -0.25) is 15.0 Å². The summed E-state index contributed by atoms with van der Waals surface area (Å²) in [6.45, 7) is 8.36. The molecule has 0 aliphatic rings. The highest BCUT2D eigenvalue weighted by atomic mass is 28.4. The molecular weight excluding hydrogens is 266 g/mol. The summed E-state index contributed by atoms with van der Waals surface area (Å²) in [5.74, 6) is 0.822. The largest absolute Gasteiger partial charge is 0.543 e. The van der Waals surface area contributed by atoms with Crippen molar-refractivity contribution in [2.75, 3.05) is 0 Å². The third-order valence-corrected chi connectivity index (χ3v) is 3.25. The molecule has 20 heavy (non-hydrogen) atoms. The van der Waals surface area contributed by atoms with Crippen molar-refractivity contribution in [3.8, 4) is 5.75 Å². The van der Waals surface area contributed by atoms with Crippen molar-refractivity contribution >= 4 is 20.2 Å². The summed E-state index contributed by atoms with van der Waals surface area (Å²) >= 11 is 0. The molecular formula is C15H19N3OSi. The Morgan fingerprint density at radius 2 is 1.85 bits per heavy atom. The first-order valence-corrected chi connectivity index (χ1v) is 9.96. The lowest BCUT2D eigenvalue weighted by atomic mass is 10.3. The van der Waals surface area contributed by atoms with Gasteiger partial charge in [0.2, 0.25) is 8.32 Å². The third-order valence-electron chi connectivity index (χ3n) is 2.42. The van der Waals surface area contributed by atoms with Crippen molar-refractivity contribution in [2.45, 2.75) is 26.6 Å². The predicted molar refractivity (Wildman–Crippen MR) is 84.4 cm³/mol. The molecule has 0 atom stereocenters.